The Morgan fingerprint density at radius 2 is 2.33 bits per heavy atom. The first kappa shape index (κ1) is 7.79. The minimum atomic E-state index is 0.0652. The molecule has 0 aromatic heterocycles. The van der Waals surface area contributed by atoms with Crippen molar-refractivity contribution < 1.29 is 0 Å². The van der Waals surface area contributed by atoms with Gasteiger partial charge in [-0.15, -0.1) is 0 Å². The Labute approximate surface area is 68.8 Å². The van der Waals surface area contributed by atoms with E-state index < -0.39 is 0 Å². The highest BCUT2D eigenvalue weighted by molar-refractivity contribution is 9.09. The van der Waals surface area contributed by atoms with Gasteiger partial charge >= 0.3 is 0 Å². The van der Waals surface area contributed by atoms with Crippen LogP contribution in [-0.2, 0) is 0 Å². The smallest absolute Gasteiger partial charge is 0.132 e. The molecular weight excluding hydrogens is 203 g/mol. The van der Waals surface area contributed by atoms with Gasteiger partial charge in [-0.1, -0.05) is 15.9 Å². The molecule has 0 radical (unpaired) electrons. The number of alkyl halides is 1. The highest BCUT2D eigenvalue weighted by atomic mass is 79.9. The van der Waals surface area contributed by atoms with E-state index in [2.05, 4.69) is 35.1 Å². The molecule has 9 heavy (non-hydrogen) atoms. The molecule has 54 valence electrons. The fourth-order valence-corrected chi connectivity index (χ4v) is 1.64. The molecule has 1 N–H and O–H groups in total. The minimum Gasteiger partial charge on any atom is -0.290 e. The molecule has 0 bridgehead atoms. The maximum absolute atomic E-state index is 5.88. The fourth-order valence-electron chi connectivity index (χ4n) is 0.796. The van der Waals surface area contributed by atoms with E-state index in [4.69, 9.17) is 11.8 Å². The summed E-state index contributed by atoms with van der Waals surface area (Å²) in [4.78, 5) is 0. The lowest BCUT2D eigenvalue weighted by molar-refractivity contribution is 0.312. The lowest BCUT2D eigenvalue weighted by Gasteiger charge is -2.24. The van der Waals surface area contributed by atoms with Crippen LogP contribution in [0.2, 0.25) is 0 Å². The first-order valence-corrected chi connectivity index (χ1v) is 4.12. The van der Waals surface area contributed by atoms with E-state index >= 15 is 0 Å². The highest BCUT2D eigenvalue weighted by Gasteiger charge is 2.36. The van der Waals surface area contributed by atoms with E-state index in [1.54, 1.807) is 4.42 Å². The third-order valence-electron chi connectivity index (χ3n) is 1.48. The Kier molecular flexibility index (Phi) is 2.06. The molecule has 1 aliphatic rings. The van der Waals surface area contributed by atoms with Crippen LogP contribution in [-0.4, -0.2) is 21.6 Å². The number of halogens is 2. The molecule has 1 saturated heterocycles. The van der Waals surface area contributed by atoms with Crippen LogP contribution < -0.4 is 5.32 Å². The molecule has 0 aromatic carbocycles. The van der Waals surface area contributed by atoms with Crippen LogP contribution in [0.1, 0.15) is 13.8 Å². The molecular formula is C5H10BrClN2. The zero-order chi connectivity index (χ0) is 7.07. The predicted octanol–water partition coefficient (Wildman–Crippen LogP) is 1.50. The highest BCUT2D eigenvalue weighted by Crippen LogP contribution is 2.26. The van der Waals surface area contributed by atoms with Gasteiger partial charge in [0.1, 0.15) is 5.08 Å². The number of nitrogens with one attached hydrogen (secondary N) is 1. The summed E-state index contributed by atoms with van der Waals surface area (Å²) >= 11 is 9.24. The predicted molar refractivity (Wildman–Crippen MR) is 42.5 cm³/mol. The summed E-state index contributed by atoms with van der Waals surface area (Å²) in [6, 6.07) is 0. The van der Waals surface area contributed by atoms with Crippen molar-refractivity contribution in [2.45, 2.75) is 24.5 Å². The topological polar surface area (TPSA) is 15.3 Å². The van der Waals surface area contributed by atoms with Gasteiger partial charge in [0, 0.05) is 12.1 Å². The Morgan fingerprint density at radius 3 is 2.44 bits per heavy atom. The quantitative estimate of drug-likeness (QED) is 0.373. The summed E-state index contributed by atoms with van der Waals surface area (Å²) in [5.41, 5.74) is 0.0652. The van der Waals surface area contributed by atoms with E-state index in [0.717, 1.165) is 6.54 Å². The van der Waals surface area contributed by atoms with Crippen LogP contribution in [0.4, 0.5) is 0 Å². The van der Waals surface area contributed by atoms with Crippen molar-refractivity contribution in [3.05, 3.63) is 0 Å². The SMILES string of the molecule is CC1(C)CNC(Br)N1Cl. The monoisotopic (exact) mass is 212 g/mol. The Balaban J connectivity index is 2.62. The zero-order valence-electron chi connectivity index (χ0n) is 5.49. The second kappa shape index (κ2) is 2.38. The molecule has 0 aliphatic carbocycles. The van der Waals surface area contributed by atoms with E-state index in [9.17, 15) is 0 Å². The first-order chi connectivity index (χ1) is 4.04. The summed E-state index contributed by atoms with van der Waals surface area (Å²) in [6.45, 7) is 5.11. The molecule has 1 fully saturated rings. The summed E-state index contributed by atoms with van der Waals surface area (Å²) in [6.07, 6.45) is 0. The van der Waals surface area contributed by atoms with Gasteiger partial charge in [0.15, 0.2) is 0 Å². The maximum atomic E-state index is 5.88. The van der Waals surface area contributed by atoms with Crippen LogP contribution in [0.3, 0.4) is 0 Å². The molecule has 0 aromatic rings. The fraction of sp³-hybridized carbons (Fsp3) is 1.00. The largest absolute Gasteiger partial charge is 0.290 e. The number of hydrogen-bond donors (Lipinski definition) is 1. The lowest BCUT2D eigenvalue weighted by atomic mass is 10.1. The van der Waals surface area contributed by atoms with Gasteiger partial charge < -0.3 is 0 Å². The molecule has 4 heteroatoms. The molecule has 0 spiro atoms. The molecule has 2 nitrogen and oxygen atoms in total. The Morgan fingerprint density at radius 1 is 1.78 bits per heavy atom. The van der Waals surface area contributed by atoms with Crippen molar-refractivity contribution in [3.8, 4) is 0 Å². The van der Waals surface area contributed by atoms with Crippen LogP contribution in [0.15, 0.2) is 0 Å². The van der Waals surface area contributed by atoms with Crippen LogP contribution in [0, 0.1) is 0 Å². The first-order valence-electron chi connectivity index (χ1n) is 2.86. The van der Waals surface area contributed by atoms with Crippen molar-refractivity contribution in [2.24, 2.45) is 0 Å². The average Bonchev–Trinajstić information content (AvgIpc) is 1.97. The van der Waals surface area contributed by atoms with Gasteiger partial charge in [0.05, 0.1) is 0 Å². The standard InChI is InChI=1S/C5H10BrClN2/c1-5(2)3-8-4(6)9(5)7/h4,8H,3H2,1-2H3. The molecule has 0 amide bonds. The van der Waals surface area contributed by atoms with Crippen LogP contribution >= 0.6 is 27.7 Å². The molecule has 1 aliphatic heterocycles. The third-order valence-corrected chi connectivity index (χ3v) is 3.10. The van der Waals surface area contributed by atoms with Crippen molar-refractivity contribution in [2.75, 3.05) is 6.54 Å². The zero-order valence-corrected chi connectivity index (χ0v) is 7.83. The number of nitrogens with zero attached hydrogens (tertiary/aromatic N) is 1. The third kappa shape index (κ3) is 1.40. The van der Waals surface area contributed by atoms with Gasteiger partial charge in [0.2, 0.25) is 0 Å². The summed E-state index contributed by atoms with van der Waals surface area (Å²) < 4.78 is 1.74. The van der Waals surface area contributed by atoms with Crippen molar-refractivity contribution in [1.82, 2.24) is 9.74 Å². The number of rotatable bonds is 0. The second-order valence-corrected chi connectivity index (χ2v) is 4.07. The van der Waals surface area contributed by atoms with Gasteiger partial charge in [0.25, 0.3) is 0 Å². The van der Waals surface area contributed by atoms with E-state index in [0.29, 0.717) is 0 Å². The number of hydrogen-bond acceptors (Lipinski definition) is 2. The minimum absolute atomic E-state index is 0.0652. The van der Waals surface area contributed by atoms with Gasteiger partial charge in [-0.25, -0.2) is 0 Å². The normalized spacial score (nSPS) is 35.3. The molecule has 1 heterocycles. The van der Waals surface area contributed by atoms with E-state index in [-0.39, 0.29) is 10.6 Å². The summed E-state index contributed by atoms with van der Waals surface area (Å²) in [7, 11) is 0. The van der Waals surface area contributed by atoms with Gasteiger partial charge in [-0.3, -0.25) is 5.32 Å². The Hall–Kier alpha value is 0.690. The van der Waals surface area contributed by atoms with E-state index in [1.807, 2.05) is 0 Å². The molecule has 1 rings (SSSR count). The second-order valence-electron chi connectivity index (χ2n) is 2.84. The van der Waals surface area contributed by atoms with Crippen molar-refractivity contribution >= 4 is 27.7 Å². The maximum Gasteiger partial charge on any atom is 0.132 e. The molecule has 1 unspecified atom stereocenters. The van der Waals surface area contributed by atoms with Gasteiger partial charge in [-0.2, -0.15) is 4.42 Å². The lowest BCUT2D eigenvalue weighted by Crippen LogP contribution is -2.34. The summed E-state index contributed by atoms with van der Waals surface area (Å²) in [5, 5.41) is 3.29. The average molecular weight is 214 g/mol. The molecule has 1 atom stereocenters. The van der Waals surface area contributed by atoms with Crippen molar-refractivity contribution in [1.29, 1.82) is 0 Å². The Bertz CT molecular complexity index is 118. The van der Waals surface area contributed by atoms with Gasteiger partial charge in [-0.05, 0) is 25.6 Å². The van der Waals surface area contributed by atoms with Crippen LogP contribution in [0.5, 0.6) is 0 Å². The van der Waals surface area contributed by atoms with E-state index in [1.165, 1.54) is 0 Å². The molecule has 0 saturated carbocycles. The summed E-state index contributed by atoms with van der Waals surface area (Å²) in [5.74, 6) is 0. The van der Waals surface area contributed by atoms with Crippen LogP contribution in [0.25, 0.3) is 0 Å². The van der Waals surface area contributed by atoms with Crippen molar-refractivity contribution in [3.63, 3.8) is 0 Å².